The van der Waals surface area contributed by atoms with Crippen molar-refractivity contribution in [3.05, 3.63) is 23.9 Å². The highest BCUT2D eigenvalue weighted by molar-refractivity contribution is 7.91. The van der Waals surface area contributed by atoms with Crippen LogP contribution in [0.3, 0.4) is 0 Å². The molecule has 3 saturated carbocycles. The number of nitrogens with zero attached hydrogens (tertiary/aromatic N) is 3. The first-order chi connectivity index (χ1) is 27.7. The summed E-state index contributed by atoms with van der Waals surface area (Å²) in [6.45, 7) is 10.1. The first-order valence-corrected chi connectivity index (χ1v) is 22.2. The number of alkyl carbamates (subject to hydrolysis) is 1. The molecule has 3 N–H and O–H groups in total. The summed E-state index contributed by atoms with van der Waals surface area (Å²) >= 11 is 0. The van der Waals surface area contributed by atoms with Crippen LogP contribution in [-0.2, 0) is 35.1 Å². The van der Waals surface area contributed by atoms with Gasteiger partial charge in [0.15, 0.2) is 5.69 Å². The Kier molecular flexibility index (Phi) is 11.1. The number of carbonyl (C=O) groups is 4. The maximum absolute atomic E-state index is 16.4. The van der Waals surface area contributed by atoms with Gasteiger partial charge in [0, 0.05) is 18.4 Å². The van der Waals surface area contributed by atoms with Crippen molar-refractivity contribution in [2.24, 2.45) is 23.2 Å². The molecule has 1 aromatic heterocycles. The maximum atomic E-state index is 16.4. The normalized spacial score (nSPS) is 31.5. The second-order valence-corrected chi connectivity index (χ2v) is 20.6. The number of ether oxygens (including phenoxy) is 3. The van der Waals surface area contributed by atoms with E-state index in [0.717, 1.165) is 0 Å². The predicted molar refractivity (Wildman–Crippen MR) is 211 cm³/mol. The molecule has 1 aromatic carbocycles. The minimum Gasteiger partial charge on any atom is -0.497 e. The number of methoxy groups -OCH3 is 1. The summed E-state index contributed by atoms with van der Waals surface area (Å²) in [5, 5.41) is 5.61. The van der Waals surface area contributed by atoms with Crippen LogP contribution in [0, 0.1) is 23.2 Å². The number of halogens is 2. The Morgan fingerprint density at radius 3 is 2.39 bits per heavy atom. The van der Waals surface area contributed by atoms with Crippen molar-refractivity contribution in [2.45, 2.75) is 146 Å². The molecule has 2 bridgehead atoms. The second-order valence-electron chi connectivity index (χ2n) is 18.4. The number of fused-ring (bicyclic) bond motifs is 5. The fourth-order valence-corrected chi connectivity index (χ4v) is 10.0. The number of hydrogen-bond acceptors (Lipinski definition) is 11. The number of benzene rings is 1. The van der Waals surface area contributed by atoms with Crippen molar-refractivity contribution in [1.29, 1.82) is 0 Å². The first kappa shape index (κ1) is 42.8. The zero-order valence-electron chi connectivity index (χ0n) is 34.7. The van der Waals surface area contributed by atoms with E-state index in [9.17, 15) is 27.6 Å². The number of hydrogen-bond donors (Lipinski definition) is 3. The van der Waals surface area contributed by atoms with E-state index in [4.69, 9.17) is 14.2 Å². The standard InChI is InChI=1S/C41H56F2N6O9S/c1-8-23-20-40(23,36(52)48-59(54,55)39(6)16-17-39)47-33(50)30-25(9-2)29-21-49(30)35(51)32(38(3,4)5)46-37(53)58-28-18-22(28)12-10-11-15-41(42,43)31-34(57-29)45-27-19-24(56-7)13-14-26(27)44-31/h13-14,19,22-23,25,28-30,32H,8-12,15-18,20-21H2,1-7H3,(H,46,53)(H,47,50)(H,48,52)/t22-,23-,25-,28-,29+,30+,32-,40?/m1/s1. The zero-order chi connectivity index (χ0) is 42.9. The van der Waals surface area contributed by atoms with E-state index >= 15 is 8.78 Å². The summed E-state index contributed by atoms with van der Waals surface area (Å²) in [5.41, 5.74) is -2.73. The molecule has 8 atom stereocenters. The fraction of sp³-hybridized carbons (Fsp3) is 0.707. The van der Waals surface area contributed by atoms with Gasteiger partial charge >= 0.3 is 6.09 Å². The van der Waals surface area contributed by atoms with Crippen LogP contribution in [-0.4, -0.2) is 95.3 Å². The van der Waals surface area contributed by atoms with E-state index in [1.165, 1.54) is 18.1 Å². The van der Waals surface area contributed by atoms with Gasteiger partial charge in [-0.25, -0.2) is 23.2 Å². The smallest absolute Gasteiger partial charge is 0.408 e. The Morgan fingerprint density at radius 1 is 1.03 bits per heavy atom. The van der Waals surface area contributed by atoms with Crippen LogP contribution in [0.25, 0.3) is 11.0 Å². The van der Waals surface area contributed by atoms with Gasteiger partial charge in [0.2, 0.25) is 27.7 Å². The third-order valence-electron chi connectivity index (χ3n) is 13.1. The molecule has 2 aliphatic heterocycles. The number of sulfonamides is 1. The van der Waals surface area contributed by atoms with Crippen LogP contribution in [0.2, 0.25) is 0 Å². The van der Waals surface area contributed by atoms with E-state index in [1.807, 2.05) is 6.92 Å². The summed E-state index contributed by atoms with van der Waals surface area (Å²) in [4.78, 5) is 67.1. The maximum Gasteiger partial charge on any atom is 0.408 e. The molecule has 15 nitrogen and oxygen atoms in total. The van der Waals surface area contributed by atoms with E-state index < -0.39 is 110 Å². The molecule has 1 saturated heterocycles. The van der Waals surface area contributed by atoms with Gasteiger partial charge in [0.05, 0.1) is 29.4 Å². The lowest BCUT2D eigenvalue weighted by atomic mass is 9.85. The summed E-state index contributed by atoms with van der Waals surface area (Å²) in [6.07, 6.45) is 0.462. The lowest BCUT2D eigenvalue weighted by Crippen LogP contribution is -2.61. The average molecular weight is 847 g/mol. The molecule has 18 heteroatoms. The third kappa shape index (κ3) is 8.26. The largest absolute Gasteiger partial charge is 0.497 e. The molecular formula is C41H56F2N6O9S. The minimum atomic E-state index is -4.05. The number of alkyl halides is 2. The molecule has 59 heavy (non-hydrogen) atoms. The summed E-state index contributed by atoms with van der Waals surface area (Å²) in [5.74, 6) is -7.03. The molecule has 2 aromatic rings. The van der Waals surface area contributed by atoms with Crippen molar-refractivity contribution in [3.8, 4) is 11.6 Å². The Labute approximate surface area is 343 Å². The molecule has 1 unspecified atom stereocenters. The number of amides is 4. The van der Waals surface area contributed by atoms with Crippen LogP contribution in [0.5, 0.6) is 11.6 Å². The lowest BCUT2D eigenvalue weighted by molar-refractivity contribution is -0.143. The number of nitrogens with one attached hydrogen (secondary N) is 3. The van der Waals surface area contributed by atoms with Crippen LogP contribution in [0.1, 0.15) is 111 Å². The monoisotopic (exact) mass is 846 g/mol. The highest BCUT2D eigenvalue weighted by atomic mass is 32.2. The highest BCUT2D eigenvalue weighted by Gasteiger charge is 2.64. The van der Waals surface area contributed by atoms with Gasteiger partial charge in [-0.2, -0.15) is 8.78 Å². The predicted octanol–water partition coefficient (Wildman–Crippen LogP) is 5.10. The van der Waals surface area contributed by atoms with Crippen LogP contribution in [0.4, 0.5) is 13.6 Å². The Morgan fingerprint density at radius 2 is 1.76 bits per heavy atom. The Bertz CT molecular complexity index is 2130. The molecule has 4 amide bonds. The molecule has 5 aliphatic rings. The van der Waals surface area contributed by atoms with Crippen molar-refractivity contribution < 1.29 is 50.6 Å². The molecule has 3 heterocycles. The fourth-order valence-electron chi connectivity index (χ4n) is 8.69. The van der Waals surface area contributed by atoms with Gasteiger partial charge in [-0.15, -0.1) is 0 Å². The summed E-state index contributed by atoms with van der Waals surface area (Å²) in [6, 6.07) is 2.12. The third-order valence-corrected chi connectivity index (χ3v) is 15.2. The van der Waals surface area contributed by atoms with Gasteiger partial charge in [-0.1, -0.05) is 47.5 Å². The first-order valence-electron chi connectivity index (χ1n) is 20.7. The van der Waals surface area contributed by atoms with Gasteiger partial charge in [-0.3, -0.25) is 19.1 Å². The van der Waals surface area contributed by atoms with E-state index in [-0.39, 0.29) is 42.8 Å². The van der Waals surface area contributed by atoms with Gasteiger partial charge in [-0.05, 0) is 81.3 Å². The lowest BCUT2D eigenvalue weighted by Gasteiger charge is -2.36. The molecule has 3 aliphatic carbocycles. The molecular weight excluding hydrogens is 791 g/mol. The molecule has 324 valence electrons. The van der Waals surface area contributed by atoms with Gasteiger partial charge in [0.25, 0.3) is 11.8 Å². The van der Waals surface area contributed by atoms with Crippen molar-refractivity contribution in [3.63, 3.8) is 0 Å². The SMILES string of the molecule is CC[C@@H]1[C@@H]2CN(C(=O)[C@H](C(C)(C)C)NC(=O)O[C@@H]3C[C@H]3CCCCC(F)(F)c3nc4ccc(OC)cc4nc3O2)[C@@H]1C(=O)NC1(C(=O)NS(=O)(=O)C2(C)CC2)C[C@H]1CC. The van der Waals surface area contributed by atoms with Crippen LogP contribution in [0.15, 0.2) is 18.2 Å². The quantitative estimate of drug-likeness (QED) is 0.320. The highest BCUT2D eigenvalue weighted by Crippen LogP contribution is 2.49. The van der Waals surface area contributed by atoms with E-state index in [1.54, 1.807) is 46.8 Å². The Balaban J connectivity index is 1.29. The number of carbonyl (C=O) groups excluding carboxylic acids is 4. The zero-order valence-corrected chi connectivity index (χ0v) is 35.5. The number of aromatic nitrogens is 2. The van der Waals surface area contributed by atoms with Crippen molar-refractivity contribution in [2.75, 3.05) is 13.7 Å². The summed E-state index contributed by atoms with van der Waals surface area (Å²) in [7, 11) is -2.59. The number of rotatable bonds is 8. The Hall–Kier alpha value is -4.35. The van der Waals surface area contributed by atoms with Crippen LogP contribution < -0.4 is 24.8 Å². The van der Waals surface area contributed by atoms with Crippen LogP contribution >= 0.6 is 0 Å². The van der Waals surface area contributed by atoms with E-state index in [0.29, 0.717) is 44.3 Å². The van der Waals surface area contributed by atoms with Gasteiger partial charge in [0.1, 0.15) is 35.6 Å². The topological polar surface area (TPSA) is 195 Å². The van der Waals surface area contributed by atoms with Gasteiger partial charge < -0.3 is 29.7 Å². The second kappa shape index (κ2) is 15.3. The molecule has 0 radical (unpaired) electrons. The minimum absolute atomic E-state index is 0.00915. The molecule has 7 rings (SSSR count). The van der Waals surface area contributed by atoms with Crippen molar-refractivity contribution in [1.82, 2.24) is 30.2 Å². The van der Waals surface area contributed by atoms with E-state index in [2.05, 4.69) is 25.3 Å². The molecule has 0 spiro atoms. The van der Waals surface area contributed by atoms with Crippen molar-refractivity contribution >= 4 is 44.9 Å². The average Bonchev–Trinajstić information content (AvgIpc) is 4.13. The molecule has 4 fully saturated rings. The summed E-state index contributed by atoms with van der Waals surface area (Å²) < 4.78 is 77.7.